The Morgan fingerprint density at radius 2 is 2.31 bits per heavy atom. The molecule has 2 rings (SSSR count). The summed E-state index contributed by atoms with van der Waals surface area (Å²) in [4.78, 5) is 3.95. The van der Waals surface area contributed by atoms with Crippen LogP contribution in [0.25, 0.3) is 0 Å². The van der Waals surface area contributed by atoms with E-state index in [-0.39, 0.29) is 5.82 Å². The summed E-state index contributed by atoms with van der Waals surface area (Å²) in [7, 11) is 0. The molecule has 0 aliphatic rings. The van der Waals surface area contributed by atoms with Gasteiger partial charge in [0.25, 0.3) is 5.22 Å². The van der Waals surface area contributed by atoms with Gasteiger partial charge in [0.05, 0.1) is 6.20 Å². The summed E-state index contributed by atoms with van der Waals surface area (Å²) in [6, 6.07) is 4.90. The van der Waals surface area contributed by atoms with Gasteiger partial charge < -0.3 is 10.2 Å². The lowest BCUT2D eigenvalue weighted by molar-refractivity contribution is 0.454. The van der Waals surface area contributed by atoms with E-state index in [1.165, 1.54) is 24.1 Å². The summed E-state index contributed by atoms with van der Waals surface area (Å²) < 4.78 is 18.5. The Hall–Kier alpha value is -1.33. The number of oxazole rings is 1. The third-order valence-electron chi connectivity index (χ3n) is 2.11. The van der Waals surface area contributed by atoms with Gasteiger partial charge in [-0.3, -0.25) is 0 Å². The summed E-state index contributed by atoms with van der Waals surface area (Å²) in [6.07, 6.45) is 3.06. The van der Waals surface area contributed by atoms with Crippen LogP contribution < -0.4 is 5.73 Å². The third-order valence-corrected chi connectivity index (χ3v) is 3.01. The van der Waals surface area contributed by atoms with Crippen LogP contribution in [0.2, 0.25) is 0 Å². The maximum atomic E-state index is 13.4. The lowest BCUT2D eigenvalue weighted by Gasteiger charge is -2.03. The highest BCUT2D eigenvalue weighted by Crippen LogP contribution is 2.23. The van der Waals surface area contributed by atoms with Crippen LogP contribution in [0.1, 0.15) is 11.1 Å². The lowest BCUT2D eigenvalue weighted by Crippen LogP contribution is -1.98. The predicted molar refractivity (Wildman–Crippen MR) is 60.4 cm³/mol. The van der Waals surface area contributed by atoms with Crippen LogP contribution in [0.4, 0.5) is 4.39 Å². The third kappa shape index (κ3) is 2.62. The molecule has 0 amide bonds. The van der Waals surface area contributed by atoms with Gasteiger partial charge in [0, 0.05) is 12.3 Å². The first-order valence-electron chi connectivity index (χ1n) is 4.79. The van der Waals surface area contributed by atoms with Gasteiger partial charge in [-0.05, 0) is 17.2 Å². The lowest BCUT2D eigenvalue weighted by atomic mass is 10.1. The molecule has 0 saturated heterocycles. The fraction of sp³-hybridized carbons (Fsp3) is 0.182. The highest BCUT2D eigenvalue weighted by Gasteiger charge is 2.06. The van der Waals surface area contributed by atoms with Crippen LogP contribution in [0.5, 0.6) is 0 Å². The highest BCUT2D eigenvalue weighted by molar-refractivity contribution is 7.98. The summed E-state index contributed by atoms with van der Waals surface area (Å²) in [5.74, 6) is 0.261. The largest absolute Gasteiger partial charge is 0.440 e. The molecule has 16 heavy (non-hydrogen) atoms. The summed E-state index contributed by atoms with van der Waals surface area (Å²) in [6.45, 7) is 0.414. The number of halogens is 1. The minimum atomic E-state index is -0.226. The van der Waals surface area contributed by atoms with Crippen molar-refractivity contribution in [1.29, 1.82) is 0 Å². The molecule has 1 aromatic heterocycles. The molecule has 0 radical (unpaired) electrons. The molecule has 5 heteroatoms. The SMILES string of the molecule is NCc1ccc(F)c(CSc2ncco2)c1. The quantitative estimate of drug-likeness (QED) is 0.832. The topological polar surface area (TPSA) is 52.0 Å². The fourth-order valence-corrected chi connectivity index (χ4v) is 2.05. The molecule has 2 N–H and O–H groups in total. The summed E-state index contributed by atoms with van der Waals surface area (Å²) in [5.41, 5.74) is 7.04. The van der Waals surface area contributed by atoms with E-state index in [4.69, 9.17) is 10.2 Å². The van der Waals surface area contributed by atoms with Crippen LogP contribution in [-0.2, 0) is 12.3 Å². The standard InChI is InChI=1S/C11H11FN2OS/c12-10-2-1-8(6-13)5-9(10)7-16-11-14-3-4-15-11/h1-5H,6-7,13H2. The van der Waals surface area contributed by atoms with Crippen molar-refractivity contribution >= 4 is 11.8 Å². The summed E-state index contributed by atoms with van der Waals surface area (Å²) >= 11 is 1.35. The van der Waals surface area contributed by atoms with Gasteiger partial charge in [0.2, 0.25) is 0 Å². The molecule has 1 heterocycles. The molecule has 0 unspecified atom stereocenters. The predicted octanol–water partition coefficient (Wildman–Crippen LogP) is 2.56. The molecule has 0 saturated carbocycles. The number of hydrogen-bond acceptors (Lipinski definition) is 4. The molecule has 84 valence electrons. The number of nitrogens with two attached hydrogens (primary N) is 1. The first-order chi connectivity index (χ1) is 7.79. The second-order valence-electron chi connectivity index (χ2n) is 3.22. The highest BCUT2D eigenvalue weighted by atomic mass is 32.2. The van der Waals surface area contributed by atoms with Gasteiger partial charge in [-0.2, -0.15) is 0 Å². The van der Waals surface area contributed by atoms with Crippen molar-refractivity contribution in [3.05, 3.63) is 47.6 Å². The number of benzene rings is 1. The Kier molecular flexibility index (Phi) is 3.58. The fourth-order valence-electron chi connectivity index (χ4n) is 1.29. The maximum Gasteiger partial charge on any atom is 0.255 e. The molecule has 0 atom stereocenters. The first kappa shape index (κ1) is 11.2. The Bertz CT molecular complexity index is 459. The van der Waals surface area contributed by atoms with Gasteiger partial charge in [-0.25, -0.2) is 9.37 Å². The zero-order valence-corrected chi connectivity index (χ0v) is 9.34. The van der Waals surface area contributed by atoms with E-state index in [0.29, 0.717) is 23.1 Å². The summed E-state index contributed by atoms with van der Waals surface area (Å²) in [5, 5.41) is 0.539. The maximum absolute atomic E-state index is 13.4. The second kappa shape index (κ2) is 5.14. The molecule has 3 nitrogen and oxygen atoms in total. The van der Waals surface area contributed by atoms with E-state index in [0.717, 1.165) is 5.56 Å². The van der Waals surface area contributed by atoms with E-state index < -0.39 is 0 Å². The second-order valence-corrected chi connectivity index (χ2v) is 4.14. The normalized spacial score (nSPS) is 10.6. The average Bonchev–Trinajstić information content (AvgIpc) is 2.81. The number of aromatic nitrogens is 1. The number of nitrogens with zero attached hydrogens (tertiary/aromatic N) is 1. The van der Waals surface area contributed by atoms with Crippen LogP contribution in [0.3, 0.4) is 0 Å². The van der Waals surface area contributed by atoms with E-state index in [1.807, 2.05) is 0 Å². The Morgan fingerprint density at radius 1 is 1.44 bits per heavy atom. The van der Waals surface area contributed by atoms with Crippen molar-refractivity contribution in [2.24, 2.45) is 5.73 Å². The Balaban J connectivity index is 2.08. The van der Waals surface area contributed by atoms with Crippen molar-refractivity contribution in [2.45, 2.75) is 17.5 Å². The van der Waals surface area contributed by atoms with Crippen LogP contribution >= 0.6 is 11.8 Å². The van der Waals surface area contributed by atoms with Crippen molar-refractivity contribution in [1.82, 2.24) is 4.98 Å². The molecule has 0 bridgehead atoms. The smallest absolute Gasteiger partial charge is 0.255 e. The minimum absolute atomic E-state index is 0.226. The van der Waals surface area contributed by atoms with E-state index >= 15 is 0 Å². The van der Waals surface area contributed by atoms with Crippen LogP contribution in [-0.4, -0.2) is 4.98 Å². The Morgan fingerprint density at radius 3 is 3.00 bits per heavy atom. The number of hydrogen-bond donors (Lipinski definition) is 1. The van der Waals surface area contributed by atoms with Crippen LogP contribution in [0.15, 0.2) is 40.3 Å². The van der Waals surface area contributed by atoms with E-state index in [2.05, 4.69) is 4.98 Å². The van der Waals surface area contributed by atoms with Gasteiger partial charge in [-0.15, -0.1) is 0 Å². The molecular formula is C11H11FN2OS. The molecular weight excluding hydrogens is 227 g/mol. The molecule has 0 fully saturated rings. The number of thioether (sulfide) groups is 1. The molecule has 0 aliphatic carbocycles. The van der Waals surface area contributed by atoms with Crippen molar-refractivity contribution in [2.75, 3.05) is 0 Å². The van der Waals surface area contributed by atoms with Gasteiger partial charge in [-0.1, -0.05) is 23.9 Å². The van der Waals surface area contributed by atoms with Crippen LogP contribution in [0, 0.1) is 5.82 Å². The average molecular weight is 238 g/mol. The molecule has 1 aromatic carbocycles. The zero-order chi connectivity index (χ0) is 11.4. The molecule has 2 aromatic rings. The minimum Gasteiger partial charge on any atom is -0.440 e. The van der Waals surface area contributed by atoms with Crippen molar-refractivity contribution in [3.8, 4) is 0 Å². The van der Waals surface area contributed by atoms with E-state index in [9.17, 15) is 4.39 Å². The van der Waals surface area contributed by atoms with Gasteiger partial charge in [0.15, 0.2) is 0 Å². The first-order valence-corrected chi connectivity index (χ1v) is 5.78. The number of rotatable bonds is 4. The molecule has 0 spiro atoms. The van der Waals surface area contributed by atoms with Gasteiger partial charge in [0.1, 0.15) is 12.1 Å². The van der Waals surface area contributed by atoms with Crippen molar-refractivity contribution < 1.29 is 8.81 Å². The zero-order valence-electron chi connectivity index (χ0n) is 8.52. The van der Waals surface area contributed by atoms with E-state index in [1.54, 1.807) is 18.3 Å². The monoisotopic (exact) mass is 238 g/mol. The van der Waals surface area contributed by atoms with Crippen molar-refractivity contribution in [3.63, 3.8) is 0 Å². The molecule has 0 aliphatic heterocycles. The van der Waals surface area contributed by atoms with Gasteiger partial charge >= 0.3 is 0 Å². The Labute approximate surface area is 96.9 Å².